The third kappa shape index (κ3) is 3.68. The minimum absolute atomic E-state index is 0.0472. The maximum atomic E-state index is 12.4. The van der Waals surface area contributed by atoms with E-state index in [1.165, 1.54) is 18.2 Å². The molecule has 0 unspecified atom stereocenters. The van der Waals surface area contributed by atoms with Crippen molar-refractivity contribution in [1.29, 1.82) is 0 Å². The molecule has 0 aromatic heterocycles. The van der Waals surface area contributed by atoms with Crippen LogP contribution in [-0.4, -0.2) is 13.5 Å². The summed E-state index contributed by atoms with van der Waals surface area (Å²) >= 11 is 11.7. The molecule has 0 saturated heterocycles. The van der Waals surface area contributed by atoms with Gasteiger partial charge in [0.25, 0.3) is 10.0 Å². The van der Waals surface area contributed by atoms with Gasteiger partial charge in [-0.2, -0.15) is 0 Å². The zero-order valence-electron chi connectivity index (χ0n) is 11.1. The fraction of sp³-hybridized carbons (Fsp3) is 0.143. The summed E-state index contributed by atoms with van der Waals surface area (Å²) in [4.78, 5) is -0.0534. The number of benzene rings is 2. The Morgan fingerprint density at radius 3 is 2.48 bits per heavy atom. The highest BCUT2D eigenvalue weighted by atomic mass is 35.5. The zero-order valence-corrected chi connectivity index (χ0v) is 13.4. The van der Waals surface area contributed by atoms with E-state index >= 15 is 0 Å². The number of anilines is 1. The molecule has 2 aromatic rings. The molecule has 0 aliphatic heterocycles. The summed E-state index contributed by atoms with van der Waals surface area (Å²) in [5, 5.41) is 9.54. The molecule has 0 radical (unpaired) electrons. The van der Waals surface area contributed by atoms with E-state index in [0.29, 0.717) is 16.3 Å². The summed E-state index contributed by atoms with van der Waals surface area (Å²) in [6.45, 7) is 1.60. The Labute approximate surface area is 133 Å². The van der Waals surface area contributed by atoms with Crippen molar-refractivity contribution >= 4 is 38.9 Å². The van der Waals surface area contributed by atoms with Crippen LogP contribution in [0.2, 0.25) is 10.0 Å². The number of aryl methyl sites for hydroxylation is 1. The third-order valence-corrected chi connectivity index (χ3v) is 5.00. The Bertz CT molecular complexity index is 776. The van der Waals surface area contributed by atoms with Gasteiger partial charge in [0, 0.05) is 5.02 Å². The highest BCUT2D eigenvalue weighted by molar-refractivity contribution is 7.92. The van der Waals surface area contributed by atoms with Crippen molar-refractivity contribution in [3.05, 3.63) is 57.6 Å². The number of nitrogens with one attached hydrogen (secondary N) is 1. The van der Waals surface area contributed by atoms with Crippen LogP contribution >= 0.6 is 23.2 Å². The summed E-state index contributed by atoms with van der Waals surface area (Å²) in [6, 6.07) is 9.21. The van der Waals surface area contributed by atoms with Crippen molar-refractivity contribution in [3.63, 3.8) is 0 Å². The lowest BCUT2D eigenvalue weighted by molar-refractivity contribution is 0.282. The maximum absolute atomic E-state index is 12.4. The van der Waals surface area contributed by atoms with E-state index in [0.717, 1.165) is 5.56 Å². The maximum Gasteiger partial charge on any atom is 0.263 e. The summed E-state index contributed by atoms with van der Waals surface area (Å²) < 4.78 is 27.2. The first-order valence-corrected chi connectivity index (χ1v) is 8.25. The normalized spacial score (nSPS) is 11.4. The second-order valence-corrected chi connectivity index (χ2v) is 6.98. The average Bonchev–Trinajstić information content (AvgIpc) is 2.40. The molecule has 0 aliphatic rings. The molecule has 2 aromatic carbocycles. The lowest BCUT2D eigenvalue weighted by Crippen LogP contribution is -2.14. The smallest absolute Gasteiger partial charge is 0.263 e. The molecule has 0 amide bonds. The van der Waals surface area contributed by atoms with E-state index in [9.17, 15) is 8.42 Å². The van der Waals surface area contributed by atoms with Crippen LogP contribution in [0.5, 0.6) is 0 Å². The fourth-order valence-corrected chi connectivity index (χ4v) is 3.67. The van der Waals surface area contributed by atoms with Gasteiger partial charge in [0.2, 0.25) is 0 Å². The molecule has 2 rings (SSSR count). The van der Waals surface area contributed by atoms with Gasteiger partial charge in [0.15, 0.2) is 0 Å². The lowest BCUT2D eigenvalue weighted by atomic mass is 10.1. The lowest BCUT2D eigenvalue weighted by Gasteiger charge is -2.12. The van der Waals surface area contributed by atoms with E-state index in [1.807, 2.05) is 0 Å². The summed E-state index contributed by atoms with van der Waals surface area (Å²) in [5.74, 6) is 0. The molecule has 112 valence electrons. The molecule has 21 heavy (non-hydrogen) atoms. The average molecular weight is 346 g/mol. The van der Waals surface area contributed by atoms with Crippen LogP contribution in [0.25, 0.3) is 0 Å². The number of hydrogen-bond donors (Lipinski definition) is 2. The number of aliphatic hydroxyl groups is 1. The standard InChI is InChI=1S/C14H13Cl2NO3S/c1-9-2-3-10(8-18)6-13(9)17-21(19,20)14-5-4-11(15)7-12(14)16/h2-7,17-18H,8H2,1H3. The second kappa shape index (κ2) is 6.23. The van der Waals surface area contributed by atoms with E-state index in [-0.39, 0.29) is 16.5 Å². The molecule has 0 aliphatic carbocycles. The number of hydrogen-bond acceptors (Lipinski definition) is 3. The summed E-state index contributed by atoms with van der Waals surface area (Å²) in [5.41, 5.74) is 1.74. The van der Waals surface area contributed by atoms with Crippen molar-refractivity contribution < 1.29 is 13.5 Å². The zero-order chi connectivity index (χ0) is 15.6. The molecule has 4 nitrogen and oxygen atoms in total. The van der Waals surface area contributed by atoms with E-state index < -0.39 is 10.0 Å². The Kier molecular flexibility index (Phi) is 4.78. The van der Waals surface area contributed by atoms with Crippen LogP contribution in [0, 0.1) is 6.92 Å². The number of rotatable bonds is 4. The van der Waals surface area contributed by atoms with Crippen molar-refractivity contribution in [2.75, 3.05) is 4.72 Å². The second-order valence-electron chi connectivity index (χ2n) is 4.49. The van der Waals surface area contributed by atoms with Crippen LogP contribution in [0.4, 0.5) is 5.69 Å². The predicted octanol–water partition coefficient (Wildman–Crippen LogP) is 3.59. The fourth-order valence-electron chi connectivity index (χ4n) is 1.77. The van der Waals surface area contributed by atoms with Crippen LogP contribution < -0.4 is 4.72 Å². The third-order valence-electron chi connectivity index (χ3n) is 2.91. The molecule has 7 heteroatoms. The van der Waals surface area contributed by atoms with Crippen LogP contribution in [-0.2, 0) is 16.6 Å². The SMILES string of the molecule is Cc1ccc(CO)cc1NS(=O)(=O)c1ccc(Cl)cc1Cl. The first-order valence-electron chi connectivity index (χ1n) is 6.02. The molecule has 0 spiro atoms. The number of sulfonamides is 1. The number of halogens is 2. The van der Waals surface area contributed by atoms with Crippen molar-refractivity contribution in [3.8, 4) is 0 Å². The Hall–Kier alpha value is -1.27. The van der Waals surface area contributed by atoms with Gasteiger partial charge in [-0.05, 0) is 42.3 Å². The summed E-state index contributed by atoms with van der Waals surface area (Å²) in [6.07, 6.45) is 0. The van der Waals surface area contributed by atoms with E-state index in [2.05, 4.69) is 4.72 Å². The predicted molar refractivity (Wildman–Crippen MR) is 84.4 cm³/mol. The minimum Gasteiger partial charge on any atom is -0.392 e. The van der Waals surface area contributed by atoms with Crippen LogP contribution in [0.1, 0.15) is 11.1 Å². The molecule has 0 fully saturated rings. The molecular weight excluding hydrogens is 333 g/mol. The monoisotopic (exact) mass is 345 g/mol. The summed E-state index contributed by atoms with van der Waals surface area (Å²) in [7, 11) is -3.83. The first kappa shape index (κ1) is 16.1. The van der Waals surface area contributed by atoms with Gasteiger partial charge in [-0.3, -0.25) is 4.72 Å². The van der Waals surface area contributed by atoms with Gasteiger partial charge in [0.1, 0.15) is 4.90 Å². The topological polar surface area (TPSA) is 66.4 Å². The first-order chi connectivity index (χ1) is 9.83. The van der Waals surface area contributed by atoms with Crippen molar-refractivity contribution in [1.82, 2.24) is 0 Å². The molecular formula is C14H13Cl2NO3S. The Morgan fingerprint density at radius 2 is 1.86 bits per heavy atom. The molecule has 0 saturated carbocycles. The van der Waals surface area contributed by atoms with Crippen molar-refractivity contribution in [2.24, 2.45) is 0 Å². The highest BCUT2D eigenvalue weighted by Gasteiger charge is 2.19. The van der Waals surface area contributed by atoms with Gasteiger partial charge in [0.05, 0.1) is 17.3 Å². The number of aliphatic hydroxyl groups excluding tert-OH is 1. The van der Waals surface area contributed by atoms with Gasteiger partial charge in [-0.25, -0.2) is 8.42 Å². The van der Waals surface area contributed by atoms with Gasteiger partial charge < -0.3 is 5.11 Å². The minimum atomic E-state index is -3.83. The van der Waals surface area contributed by atoms with Gasteiger partial charge in [-0.1, -0.05) is 35.3 Å². The van der Waals surface area contributed by atoms with Gasteiger partial charge >= 0.3 is 0 Å². The van der Waals surface area contributed by atoms with E-state index in [1.54, 1.807) is 25.1 Å². The molecule has 0 heterocycles. The molecule has 0 atom stereocenters. The van der Waals surface area contributed by atoms with Crippen LogP contribution in [0.3, 0.4) is 0 Å². The quantitative estimate of drug-likeness (QED) is 0.889. The Balaban J connectivity index is 2.42. The van der Waals surface area contributed by atoms with Crippen LogP contribution in [0.15, 0.2) is 41.3 Å². The molecule has 2 N–H and O–H groups in total. The largest absolute Gasteiger partial charge is 0.392 e. The van der Waals surface area contributed by atoms with E-state index in [4.69, 9.17) is 28.3 Å². The Morgan fingerprint density at radius 1 is 1.14 bits per heavy atom. The highest BCUT2D eigenvalue weighted by Crippen LogP contribution is 2.28. The van der Waals surface area contributed by atoms with Crippen molar-refractivity contribution in [2.45, 2.75) is 18.4 Å². The molecule has 0 bridgehead atoms. The van der Waals surface area contributed by atoms with Gasteiger partial charge in [-0.15, -0.1) is 0 Å².